The summed E-state index contributed by atoms with van der Waals surface area (Å²) < 4.78 is 5.04. The van der Waals surface area contributed by atoms with Gasteiger partial charge >= 0.3 is 0 Å². The first kappa shape index (κ1) is 8.92. The zero-order valence-corrected chi connectivity index (χ0v) is 6.77. The third-order valence-corrected chi connectivity index (χ3v) is 1.22. The van der Waals surface area contributed by atoms with Gasteiger partial charge in [0.2, 0.25) is 0 Å². The van der Waals surface area contributed by atoms with Crippen molar-refractivity contribution in [3.8, 4) is 0 Å². The average Bonchev–Trinajstić information content (AvgIpc) is 1.83. The van der Waals surface area contributed by atoms with Crippen molar-refractivity contribution < 1.29 is 4.74 Å². The van der Waals surface area contributed by atoms with Crippen LogP contribution in [0.5, 0.6) is 0 Å². The molecule has 0 bridgehead atoms. The van der Waals surface area contributed by atoms with E-state index in [-0.39, 0.29) is 0 Å². The van der Waals surface area contributed by atoms with Gasteiger partial charge in [-0.05, 0) is 6.92 Å². The standard InChI is InChI=1S/C7H17NO/c1-6(2)8-5-7(3)9-4/h6-8H,5H2,1-4H3. The number of hydrogen-bond donors (Lipinski definition) is 1. The molecule has 2 heteroatoms. The van der Waals surface area contributed by atoms with Crippen molar-refractivity contribution in [2.45, 2.75) is 32.9 Å². The maximum atomic E-state index is 5.04. The van der Waals surface area contributed by atoms with Crippen LogP contribution in [-0.2, 0) is 4.74 Å². The predicted molar refractivity (Wildman–Crippen MR) is 39.6 cm³/mol. The lowest BCUT2D eigenvalue weighted by Gasteiger charge is -2.12. The van der Waals surface area contributed by atoms with Gasteiger partial charge in [0.15, 0.2) is 0 Å². The van der Waals surface area contributed by atoms with Crippen LogP contribution in [0.3, 0.4) is 0 Å². The molecule has 0 saturated carbocycles. The summed E-state index contributed by atoms with van der Waals surface area (Å²) in [5.41, 5.74) is 0. The third kappa shape index (κ3) is 5.80. The van der Waals surface area contributed by atoms with E-state index in [1.54, 1.807) is 7.11 Å². The highest BCUT2D eigenvalue weighted by Crippen LogP contribution is 1.85. The van der Waals surface area contributed by atoms with Crippen LogP contribution in [0.25, 0.3) is 0 Å². The molecule has 56 valence electrons. The zero-order chi connectivity index (χ0) is 7.28. The Balaban J connectivity index is 3.06. The summed E-state index contributed by atoms with van der Waals surface area (Å²) >= 11 is 0. The minimum absolute atomic E-state index is 0.326. The molecule has 0 radical (unpaired) electrons. The summed E-state index contributed by atoms with van der Waals surface area (Å²) in [6.07, 6.45) is 0.326. The van der Waals surface area contributed by atoms with Gasteiger partial charge in [-0.2, -0.15) is 0 Å². The lowest BCUT2D eigenvalue weighted by Crippen LogP contribution is -2.31. The Bertz CT molecular complexity index is 63.9. The van der Waals surface area contributed by atoms with E-state index in [9.17, 15) is 0 Å². The number of methoxy groups -OCH3 is 1. The highest BCUT2D eigenvalue weighted by Gasteiger charge is 1.98. The number of ether oxygens (including phenoxy) is 1. The summed E-state index contributed by atoms with van der Waals surface area (Å²) in [6.45, 7) is 7.24. The Labute approximate surface area is 57.6 Å². The maximum Gasteiger partial charge on any atom is 0.0667 e. The molecule has 0 aromatic carbocycles. The molecule has 1 unspecified atom stereocenters. The first-order valence-electron chi connectivity index (χ1n) is 3.43. The van der Waals surface area contributed by atoms with Crippen LogP contribution in [-0.4, -0.2) is 25.8 Å². The van der Waals surface area contributed by atoms with Crippen molar-refractivity contribution in [2.75, 3.05) is 13.7 Å². The van der Waals surface area contributed by atoms with Gasteiger partial charge in [0, 0.05) is 19.7 Å². The SMILES string of the molecule is COC(C)CNC(C)C. The molecule has 1 N–H and O–H groups in total. The topological polar surface area (TPSA) is 21.3 Å². The Kier molecular flexibility index (Phi) is 4.72. The molecular formula is C7H17NO. The minimum Gasteiger partial charge on any atom is -0.380 e. The van der Waals surface area contributed by atoms with Crippen LogP contribution >= 0.6 is 0 Å². The van der Waals surface area contributed by atoms with Crippen molar-refractivity contribution in [2.24, 2.45) is 0 Å². The molecule has 0 aromatic rings. The molecule has 0 saturated heterocycles. The van der Waals surface area contributed by atoms with Gasteiger partial charge in [-0.25, -0.2) is 0 Å². The van der Waals surface area contributed by atoms with Gasteiger partial charge in [-0.1, -0.05) is 13.8 Å². The lowest BCUT2D eigenvalue weighted by molar-refractivity contribution is 0.115. The second-order valence-corrected chi connectivity index (χ2v) is 2.61. The van der Waals surface area contributed by atoms with Crippen LogP contribution in [0.4, 0.5) is 0 Å². The first-order chi connectivity index (χ1) is 4.16. The lowest BCUT2D eigenvalue weighted by atomic mass is 10.3. The third-order valence-electron chi connectivity index (χ3n) is 1.22. The fraction of sp³-hybridized carbons (Fsp3) is 1.00. The van der Waals surface area contributed by atoms with Gasteiger partial charge in [0.25, 0.3) is 0 Å². The predicted octanol–water partition coefficient (Wildman–Crippen LogP) is 1.02. The van der Waals surface area contributed by atoms with Crippen molar-refractivity contribution in [3.63, 3.8) is 0 Å². The van der Waals surface area contributed by atoms with Gasteiger partial charge < -0.3 is 10.1 Å². The molecule has 0 fully saturated rings. The van der Waals surface area contributed by atoms with Crippen molar-refractivity contribution in [1.82, 2.24) is 5.32 Å². The van der Waals surface area contributed by atoms with Gasteiger partial charge in [-0.3, -0.25) is 0 Å². The molecule has 0 amide bonds. The largest absolute Gasteiger partial charge is 0.380 e. The van der Waals surface area contributed by atoms with Crippen LogP contribution in [0, 0.1) is 0 Å². The molecule has 9 heavy (non-hydrogen) atoms. The summed E-state index contributed by atoms with van der Waals surface area (Å²) in [6, 6.07) is 0.558. The van der Waals surface area contributed by atoms with E-state index >= 15 is 0 Å². The minimum atomic E-state index is 0.326. The Morgan fingerprint density at radius 2 is 1.89 bits per heavy atom. The molecule has 0 aliphatic heterocycles. The normalized spacial score (nSPS) is 14.3. The van der Waals surface area contributed by atoms with Gasteiger partial charge in [0.05, 0.1) is 6.10 Å². The highest BCUT2D eigenvalue weighted by molar-refractivity contribution is 4.57. The first-order valence-corrected chi connectivity index (χ1v) is 3.43. The van der Waals surface area contributed by atoms with E-state index in [4.69, 9.17) is 4.74 Å². The average molecular weight is 131 g/mol. The number of nitrogens with one attached hydrogen (secondary N) is 1. The number of rotatable bonds is 4. The molecule has 0 spiro atoms. The molecule has 0 aliphatic rings. The molecule has 0 heterocycles. The summed E-state index contributed by atoms with van der Waals surface area (Å²) in [7, 11) is 1.73. The molecule has 0 aliphatic carbocycles. The zero-order valence-electron chi connectivity index (χ0n) is 6.77. The summed E-state index contributed by atoms with van der Waals surface area (Å²) in [4.78, 5) is 0. The van der Waals surface area contributed by atoms with E-state index in [2.05, 4.69) is 26.1 Å². The second kappa shape index (κ2) is 4.77. The maximum absolute atomic E-state index is 5.04. The van der Waals surface area contributed by atoms with Gasteiger partial charge in [-0.15, -0.1) is 0 Å². The molecule has 1 atom stereocenters. The molecule has 0 rings (SSSR count). The van der Waals surface area contributed by atoms with E-state index in [1.165, 1.54) is 0 Å². The van der Waals surface area contributed by atoms with Crippen molar-refractivity contribution in [1.29, 1.82) is 0 Å². The van der Waals surface area contributed by atoms with E-state index < -0.39 is 0 Å². The Morgan fingerprint density at radius 3 is 2.22 bits per heavy atom. The van der Waals surface area contributed by atoms with Crippen molar-refractivity contribution >= 4 is 0 Å². The van der Waals surface area contributed by atoms with E-state index in [0.29, 0.717) is 12.1 Å². The van der Waals surface area contributed by atoms with Crippen LogP contribution in [0.15, 0.2) is 0 Å². The monoisotopic (exact) mass is 131 g/mol. The molecular weight excluding hydrogens is 114 g/mol. The smallest absolute Gasteiger partial charge is 0.0667 e. The van der Waals surface area contributed by atoms with E-state index in [1.807, 2.05) is 0 Å². The Morgan fingerprint density at radius 1 is 1.33 bits per heavy atom. The van der Waals surface area contributed by atoms with E-state index in [0.717, 1.165) is 6.54 Å². The van der Waals surface area contributed by atoms with Crippen LogP contribution in [0.2, 0.25) is 0 Å². The van der Waals surface area contributed by atoms with Crippen LogP contribution < -0.4 is 5.32 Å². The fourth-order valence-corrected chi connectivity index (χ4v) is 0.485. The Hall–Kier alpha value is -0.0800. The summed E-state index contributed by atoms with van der Waals surface area (Å²) in [5.74, 6) is 0. The number of hydrogen-bond acceptors (Lipinski definition) is 2. The van der Waals surface area contributed by atoms with Crippen LogP contribution in [0.1, 0.15) is 20.8 Å². The molecule has 0 aromatic heterocycles. The molecule has 2 nitrogen and oxygen atoms in total. The fourth-order valence-electron chi connectivity index (χ4n) is 0.485. The van der Waals surface area contributed by atoms with Gasteiger partial charge in [0.1, 0.15) is 0 Å². The summed E-state index contributed by atoms with van der Waals surface area (Å²) in [5, 5.41) is 3.27. The highest BCUT2D eigenvalue weighted by atomic mass is 16.5. The van der Waals surface area contributed by atoms with Crippen molar-refractivity contribution in [3.05, 3.63) is 0 Å². The second-order valence-electron chi connectivity index (χ2n) is 2.61. The quantitative estimate of drug-likeness (QED) is 0.615.